The number of hydrogen-bond donors (Lipinski definition) is 1. The number of ether oxygens (including phenoxy) is 2. The van der Waals surface area contributed by atoms with Gasteiger partial charge < -0.3 is 14.6 Å². The Morgan fingerprint density at radius 3 is 2.44 bits per heavy atom. The maximum absolute atomic E-state index is 11.0. The van der Waals surface area contributed by atoms with E-state index in [9.17, 15) is 4.79 Å². The van der Waals surface area contributed by atoms with Gasteiger partial charge >= 0.3 is 5.97 Å². The molecule has 2 rings (SSSR count). The maximum atomic E-state index is 11.0. The second-order valence-electron chi connectivity index (χ2n) is 5.26. The molecule has 0 spiro atoms. The summed E-state index contributed by atoms with van der Waals surface area (Å²) < 4.78 is 11.2. The van der Waals surface area contributed by atoms with E-state index in [0.717, 1.165) is 5.56 Å². The number of carboxylic acids is 1. The molecule has 2 aromatic carbocycles. The van der Waals surface area contributed by atoms with Gasteiger partial charge in [-0.2, -0.15) is 0 Å². The minimum Gasteiger partial charge on any atom is -0.489 e. The van der Waals surface area contributed by atoms with E-state index in [1.807, 2.05) is 6.07 Å². The molecule has 0 heterocycles. The number of hydrogen-bond acceptors (Lipinski definition) is 3. The van der Waals surface area contributed by atoms with Gasteiger partial charge in [0.05, 0.1) is 27.6 Å². The first-order chi connectivity index (χ1) is 11.9. The van der Waals surface area contributed by atoms with Gasteiger partial charge in [0.25, 0.3) is 0 Å². The summed E-state index contributed by atoms with van der Waals surface area (Å²) in [4.78, 5) is 11.0. The zero-order valence-electron chi connectivity index (χ0n) is 13.5. The Labute approximate surface area is 161 Å². The summed E-state index contributed by atoms with van der Waals surface area (Å²) in [6.07, 6.45) is -0.754. The first kappa shape index (κ1) is 19.9. The van der Waals surface area contributed by atoms with Crippen molar-refractivity contribution in [2.24, 2.45) is 0 Å². The van der Waals surface area contributed by atoms with E-state index >= 15 is 0 Å². The summed E-state index contributed by atoms with van der Waals surface area (Å²) in [5.41, 5.74) is 1.49. The Kier molecular flexibility index (Phi) is 7.38. The number of halogens is 3. The zero-order chi connectivity index (χ0) is 18.4. The highest BCUT2D eigenvalue weighted by Gasteiger charge is 2.19. The number of benzene rings is 2. The van der Waals surface area contributed by atoms with Gasteiger partial charge in [0.1, 0.15) is 12.4 Å². The smallest absolute Gasteiger partial charge is 0.306 e. The van der Waals surface area contributed by atoms with Crippen LogP contribution < -0.4 is 4.74 Å². The summed E-state index contributed by atoms with van der Waals surface area (Å²) in [7, 11) is 0. The fraction of sp³-hybridized carbons (Fsp3) is 0.278. The number of carbonyl (C=O) groups is 1. The largest absolute Gasteiger partial charge is 0.489 e. The first-order valence-electron chi connectivity index (χ1n) is 7.60. The van der Waals surface area contributed by atoms with Crippen LogP contribution in [0.5, 0.6) is 5.75 Å². The van der Waals surface area contributed by atoms with E-state index in [4.69, 9.17) is 49.4 Å². The topological polar surface area (TPSA) is 55.8 Å². The van der Waals surface area contributed by atoms with E-state index in [-0.39, 0.29) is 6.42 Å². The summed E-state index contributed by atoms with van der Waals surface area (Å²) in [5, 5.41) is 10.3. The standard InChI is InChI=1S/C18H17Cl3O4/c1-2-24-17(9-18(22)23)13-5-4-12(8-15(13)20)25-10-11-3-6-14(19)16(21)7-11/h3-8,17H,2,9-10H2,1H3,(H,22,23)/t17-/m1/s1. The van der Waals surface area contributed by atoms with Crippen LogP contribution in [-0.4, -0.2) is 17.7 Å². The van der Waals surface area contributed by atoms with Crippen molar-refractivity contribution in [3.63, 3.8) is 0 Å². The molecule has 0 fully saturated rings. The molecule has 25 heavy (non-hydrogen) atoms. The predicted molar refractivity (Wildman–Crippen MR) is 98.9 cm³/mol. The molecule has 0 amide bonds. The molecule has 0 saturated carbocycles. The molecule has 2 aromatic rings. The average Bonchev–Trinajstić information content (AvgIpc) is 2.55. The highest BCUT2D eigenvalue weighted by Crippen LogP contribution is 2.32. The molecule has 0 unspecified atom stereocenters. The van der Waals surface area contributed by atoms with Crippen LogP contribution in [-0.2, 0) is 16.1 Å². The van der Waals surface area contributed by atoms with Crippen LogP contribution in [0.3, 0.4) is 0 Å². The Balaban J connectivity index is 2.09. The molecule has 0 aliphatic heterocycles. The van der Waals surface area contributed by atoms with Crippen molar-refractivity contribution in [2.45, 2.75) is 26.1 Å². The lowest BCUT2D eigenvalue weighted by Crippen LogP contribution is -2.10. The van der Waals surface area contributed by atoms with Crippen LogP contribution in [0.15, 0.2) is 36.4 Å². The first-order valence-corrected chi connectivity index (χ1v) is 8.73. The van der Waals surface area contributed by atoms with E-state index < -0.39 is 12.1 Å². The SMILES string of the molecule is CCO[C@H](CC(=O)O)c1ccc(OCc2ccc(Cl)c(Cl)c2)cc1Cl. The summed E-state index contributed by atoms with van der Waals surface area (Å²) in [5.74, 6) is -0.389. The van der Waals surface area contributed by atoms with E-state index in [1.165, 1.54) is 0 Å². The van der Waals surface area contributed by atoms with Crippen LogP contribution in [0.25, 0.3) is 0 Å². The van der Waals surface area contributed by atoms with Crippen molar-refractivity contribution in [3.8, 4) is 5.75 Å². The summed E-state index contributed by atoms with van der Waals surface area (Å²) in [6, 6.07) is 10.3. The molecule has 0 aliphatic carbocycles. The van der Waals surface area contributed by atoms with Gasteiger partial charge in [0.2, 0.25) is 0 Å². The van der Waals surface area contributed by atoms with E-state index in [1.54, 1.807) is 37.3 Å². The zero-order valence-corrected chi connectivity index (χ0v) is 15.7. The molecule has 7 heteroatoms. The lowest BCUT2D eigenvalue weighted by Gasteiger charge is -2.17. The molecule has 4 nitrogen and oxygen atoms in total. The van der Waals surface area contributed by atoms with Crippen molar-refractivity contribution in [2.75, 3.05) is 6.61 Å². The minimum atomic E-state index is -0.950. The fourth-order valence-corrected chi connectivity index (χ4v) is 2.89. The summed E-state index contributed by atoms with van der Waals surface area (Å²) >= 11 is 18.1. The Bertz CT molecular complexity index is 749. The minimum absolute atomic E-state index is 0.156. The van der Waals surface area contributed by atoms with Gasteiger partial charge in [-0.15, -0.1) is 0 Å². The third-order valence-corrected chi connectivity index (χ3v) is 4.50. The second kappa shape index (κ2) is 9.30. The molecule has 1 atom stereocenters. The molecular formula is C18H17Cl3O4. The van der Waals surface area contributed by atoms with Gasteiger partial charge in [-0.1, -0.05) is 46.9 Å². The van der Waals surface area contributed by atoms with Gasteiger partial charge in [0, 0.05) is 12.2 Å². The normalized spacial score (nSPS) is 12.0. The highest BCUT2D eigenvalue weighted by molar-refractivity contribution is 6.42. The second-order valence-corrected chi connectivity index (χ2v) is 6.48. The van der Waals surface area contributed by atoms with Crippen molar-refractivity contribution in [1.82, 2.24) is 0 Å². The average molecular weight is 404 g/mol. The van der Waals surface area contributed by atoms with Crippen LogP contribution in [0.2, 0.25) is 15.1 Å². The predicted octanol–water partition coefficient (Wildman–Crippen LogP) is 5.78. The fourth-order valence-electron chi connectivity index (χ4n) is 2.27. The van der Waals surface area contributed by atoms with Gasteiger partial charge in [-0.25, -0.2) is 0 Å². The molecular weight excluding hydrogens is 387 g/mol. The van der Waals surface area contributed by atoms with Gasteiger partial charge in [-0.3, -0.25) is 4.79 Å². The van der Waals surface area contributed by atoms with Crippen LogP contribution >= 0.6 is 34.8 Å². The van der Waals surface area contributed by atoms with E-state index in [2.05, 4.69) is 0 Å². The number of rotatable bonds is 8. The van der Waals surface area contributed by atoms with Crippen molar-refractivity contribution >= 4 is 40.8 Å². The Hall–Kier alpha value is -1.46. The third kappa shape index (κ3) is 5.79. The number of carboxylic acid groups (broad SMARTS) is 1. The Morgan fingerprint density at radius 2 is 1.84 bits per heavy atom. The number of aliphatic carboxylic acids is 1. The van der Waals surface area contributed by atoms with Crippen molar-refractivity contribution in [3.05, 3.63) is 62.6 Å². The Morgan fingerprint density at radius 1 is 1.08 bits per heavy atom. The van der Waals surface area contributed by atoms with Crippen LogP contribution in [0.4, 0.5) is 0 Å². The molecule has 1 N–H and O–H groups in total. The van der Waals surface area contributed by atoms with Crippen molar-refractivity contribution < 1.29 is 19.4 Å². The third-order valence-electron chi connectivity index (χ3n) is 3.44. The van der Waals surface area contributed by atoms with Gasteiger partial charge in [-0.05, 0) is 36.8 Å². The molecule has 0 radical (unpaired) electrons. The molecule has 0 aliphatic rings. The maximum Gasteiger partial charge on any atom is 0.306 e. The van der Waals surface area contributed by atoms with Crippen LogP contribution in [0, 0.1) is 0 Å². The highest BCUT2D eigenvalue weighted by atomic mass is 35.5. The summed E-state index contributed by atoms with van der Waals surface area (Å²) in [6.45, 7) is 2.50. The van der Waals surface area contributed by atoms with Gasteiger partial charge in [0.15, 0.2) is 0 Å². The quantitative estimate of drug-likeness (QED) is 0.607. The molecule has 0 bridgehead atoms. The molecule has 0 saturated heterocycles. The van der Waals surface area contributed by atoms with E-state index in [0.29, 0.717) is 39.6 Å². The van der Waals surface area contributed by atoms with Crippen LogP contribution in [0.1, 0.15) is 30.6 Å². The molecule has 134 valence electrons. The lowest BCUT2D eigenvalue weighted by atomic mass is 10.1. The van der Waals surface area contributed by atoms with Crippen molar-refractivity contribution in [1.29, 1.82) is 0 Å². The monoisotopic (exact) mass is 402 g/mol. The lowest BCUT2D eigenvalue weighted by molar-refractivity contribution is -0.140. The molecule has 0 aromatic heterocycles.